The van der Waals surface area contributed by atoms with Crippen molar-refractivity contribution >= 4 is 114 Å². The van der Waals surface area contributed by atoms with Gasteiger partial charge in [0.1, 0.15) is 22.6 Å². The molecule has 8 aromatic carbocycles. The van der Waals surface area contributed by atoms with Crippen LogP contribution in [0.2, 0.25) is 0 Å². The number of hydrogen-bond donors (Lipinski definition) is 2. The summed E-state index contributed by atoms with van der Waals surface area (Å²) in [6.07, 6.45) is 21.0. The van der Waals surface area contributed by atoms with Gasteiger partial charge in [-0.2, -0.15) is 0 Å². The third-order valence-corrected chi connectivity index (χ3v) is 18.1. The SMILES string of the molecule is C1=C(c2ccccc2)CC(c2ccccc2)=CC2=C1c1nc2nc2[nH]c(nc3nc(nc4[nH]c(n1)c1c4C=C(c4ccccc4)CC(c4ccccc4)=C1)C1=C3C=C(c3ccccc3)CC(c3ccccc3)=C1)c1c2C=C(c2ccccc2)CC(c2ccccc2)=C1. The number of rotatable bonds is 8. The number of fused-ring (bicyclic) bond motifs is 18. The highest BCUT2D eigenvalue weighted by molar-refractivity contribution is 6.11. The third-order valence-electron chi connectivity index (χ3n) is 18.1. The van der Waals surface area contributed by atoms with Gasteiger partial charge < -0.3 is 9.97 Å². The second kappa shape index (κ2) is 23.2. The quantitative estimate of drug-likeness (QED) is 0.157. The van der Waals surface area contributed by atoms with E-state index < -0.39 is 0 Å². The number of H-pyrrole nitrogens is 2. The van der Waals surface area contributed by atoms with Crippen LogP contribution in [0.25, 0.3) is 114 Å². The van der Waals surface area contributed by atoms with Gasteiger partial charge in [-0.1, -0.05) is 243 Å². The highest BCUT2D eigenvalue weighted by Gasteiger charge is 2.30. The molecule has 8 nitrogen and oxygen atoms in total. The topological polar surface area (TPSA) is 109 Å². The van der Waals surface area contributed by atoms with E-state index in [1.165, 1.54) is 0 Å². The molecule has 0 unspecified atom stereocenters. The molecule has 17 rings (SSSR count). The van der Waals surface area contributed by atoms with Crippen LogP contribution in [-0.2, 0) is 0 Å². The zero-order chi connectivity index (χ0) is 60.9. The predicted molar refractivity (Wildman–Crippen MR) is 379 cm³/mol. The van der Waals surface area contributed by atoms with E-state index in [0.717, 1.165) is 134 Å². The number of nitrogens with one attached hydrogen (secondary N) is 2. The standard InChI is InChI=1S/C84H58N8/c1-9-25-53(26-10-1)61-41-62(54-27-11-2-12-28-54)46-70-69(45-61)77-85-78(70)90-80-73-49-65(57-33-17-5-18-34-57)43-66(58-35-19-6-20-36-58)50-74(73)82(87-80)92-84-76-52-68(60-39-23-8-24-40-60)44-67(59-37-21-7-22-38-59)51-75(76)83(88-84)91-81-72-48-64(56-31-15-4-16-32-56)42-63(55-29-13-3-14-30-55)47-71(72)79(86-81)89-77/h1-40,45-52H,41-44H2,(H2,85,86,87,88,89,90,91,92). The number of benzene rings is 8. The average molecular weight is 1180 g/mol. The molecule has 6 aliphatic rings. The number of hydrogen-bond acceptors (Lipinski definition) is 6. The summed E-state index contributed by atoms with van der Waals surface area (Å²) < 4.78 is 0. The van der Waals surface area contributed by atoms with Crippen LogP contribution in [0.15, 0.2) is 267 Å². The Morgan fingerprint density at radius 3 is 0.522 bits per heavy atom. The molecule has 0 saturated heterocycles. The Bertz CT molecular complexity index is 4640. The second-order valence-corrected chi connectivity index (χ2v) is 23.9. The molecular formula is C84H58N8. The van der Waals surface area contributed by atoms with Crippen molar-refractivity contribution in [2.24, 2.45) is 0 Å². The molecule has 8 bridgehead atoms. The van der Waals surface area contributed by atoms with Crippen molar-refractivity contribution < 1.29 is 0 Å². The second-order valence-electron chi connectivity index (χ2n) is 23.9. The number of nitrogens with zero attached hydrogens (tertiary/aromatic N) is 6. The van der Waals surface area contributed by atoms with Gasteiger partial charge in [0.05, 0.1) is 0 Å². The van der Waals surface area contributed by atoms with Gasteiger partial charge in [0.25, 0.3) is 0 Å². The Morgan fingerprint density at radius 2 is 0.348 bits per heavy atom. The van der Waals surface area contributed by atoms with Gasteiger partial charge in [0.15, 0.2) is 23.3 Å². The summed E-state index contributed by atoms with van der Waals surface area (Å²) in [5, 5.41) is 0. The van der Waals surface area contributed by atoms with Crippen LogP contribution >= 0.6 is 0 Å². The van der Waals surface area contributed by atoms with Gasteiger partial charge >= 0.3 is 0 Å². The van der Waals surface area contributed by atoms with Gasteiger partial charge in [-0.15, -0.1) is 0 Å². The first-order valence-electron chi connectivity index (χ1n) is 31.4. The summed E-state index contributed by atoms with van der Waals surface area (Å²) in [6.45, 7) is 0. The van der Waals surface area contributed by atoms with Crippen molar-refractivity contribution in [3.05, 3.63) is 357 Å². The van der Waals surface area contributed by atoms with E-state index in [0.29, 0.717) is 71.6 Å². The van der Waals surface area contributed by atoms with Gasteiger partial charge in [-0.25, -0.2) is 29.9 Å². The minimum absolute atomic E-state index is 0.526. The van der Waals surface area contributed by atoms with Crippen molar-refractivity contribution in [2.45, 2.75) is 25.7 Å². The lowest BCUT2D eigenvalue weighted by Gasteiger charge is -2.11. The van der Waals surface area contributed by atoms with Crippen LogP contribution in [0.4, 0.5) is 0 Å². The third kappa shape index (κ3) is 10.3. The van der Waals surface area contributed by atoms with E-state index in [1.807, 2.05) is 0 Å². The Labute approximate surface area is 533 Å². The average Bonchev–Trinajstić information content (AvgIpc) is 1.67. The zero-order valence-corrected chi connectivity index (χ0v) is 50.2. The number of aromatic nitrogens is 8. The molecule has 0 amide bonds. The lowest BCUT2D eigenvalue weighted by Crippen LogP contribution is -1.93. The molecule has 0 radical (unpaired) electrons. The lowest BCUT2D eigenvalue weighted by molar-refractivity contribution is 1.10. The molecule has 11 aromatic rings. The Morgan fingerprint density at radius 1 is 0.185 bits per heavy atom. The van der Waals surface area contributed by atoms with Crippen LogP contribution in [0, 0.1) is 0 Å². The van der Waals surface area contributed by atoms with E-state index >= 15 is 0 Å². The summed E-state index contributed by atoms with van der Waals surface area (Å²) >= 11 is 0. The van der Waals surface area contributed by atoms with Gasteiger partial charge in [0, 0.05) is 44.5 Å². The Kier molecular flexibility index (Phi) is 13.6. The van der Waals surface area contributed by atoms with Crippen molar-refractivity contribution in [1.82, 2.24) is 39.9 Å². The fraction of sp³-hybridized carbons (Fsp3) is 0.0476. The normalized spacial score (nSPS) is 15.2. The van der Waals surface area contributed by atoms with E-state index in [-0.39, 0.29) is 0 Å². The molecule has 8 heteroatoms. The summed E-state index contributed by atoms with van der Waals surface area (Å²) in [6, 6.07) is 85.4. The van der Waals surface area contributed by atoms with Crippen molar-refractivity contribution in [2.75, 3.05) is 0 Å². The first kappa shape index (κ1) is 54.2. The van der Waals surface area contributed by atoms with E-state index in [2.05, 4.69) is 301 Å². The highest BCUT2D eigenvalue weighted by Crippen LogP contribution is 2.46. The Balaban J connectivity index is 1.04. The van der Waals surface area contributed by atoms with Crippen LogP contribution in [0.3, 0.4) is 0 Å². The number of allylic oxidation sites excluding steroid dienone is 16. The minimum atomic E-state index is 0.526. The summed E-state index contributed by atoms with van der Waals surface area (Å²) in [5.74, 6) is 2.10. The molecule has 5 heterocycles. The molecule has 92 heavy (non-hydrogen) atoms. The van der Waals surface area contributed by atoms with Gasteiger partial charge in [0.2, 0.25) is 0 Å². The Hall–Kier alpha value is -12.0. The highest BCUT2D eigenvalue weighted by atomic mass is 15.1. The van der Waals surface area contributed by atoms with Gasteiger partial charge in [-0.3, -0.25) is 0 Å². The van der Waals surface area contributed by atoms with Crippen LogP contribution in [0.1, 0.15) is 116 Å². The molecule has 434 valence electrons. The monoisotopic (exact) mass is 1180 g/mol. The maximum Gasteiger partial charge on any atom is 0.164 e. The first-order chi connectivity index (χ1) is 45.5. The largest absolute Gasteiger partial charge is 0.324 e. The summed E-state index contributed by atoms with van der Waals surface area (Å²) in [7, 11) is 0. The van der Waals surface area contributed by atoms with Crippen molar-refractivity contribution in [1.29, 1.82) is 0 Å². The minimum Gasteiger partial charge on any atom is -0.324 e. The summed E-state index contributed by atoms with van der Waals surface area (Å²) in [5.41, 5.74) is 27.5. The number of aromatic amines is 2. The van der Waals surface area contributed by atoms with Crippen LogP contribution in [-0.4, -0.2) is 39.9 Å². The first-order valence-corrected chi connectivity index (χ1v) is 31.4. The van der Waals surface area contributed by atoms with Gasteiger partial charge in [-0.05, 0) is 163 Å². The molecule has 0 fully saturated rings. The molecule has 0 saturated carbocycles. The van der Waals surface area contributed by atoms with Crippen LogP contribution in [0.5, 0.6) is 0 Å². The lowest BCUT2D eigenvalue weighted by atomic mass is 9.94. The van der Waals surface area contributed by atoms with Crippen molar-refractivity contribution in [3.8, 4) is 0 Å². The molecule has 3 aromatic heterocycles. The zero-order valence-electron chi connectivity index (χ0n) is 50.2. The fourth-order valence-corrected chi connectivity index (χ4v) is 13.5. The molecular weight excluding hydrogens is 1120 g/mol. The maximum atomic E-state index is 5.80. The predicted octanol–water partition coefficient (Wildman–Crippen LogP) is 19.8. The maximum absolute atomic E-state index is 5.80. The van der Waals surface area contributed by atoms with E-state index in [1.54, 1.807) is 0 Å². The van der Waals surface area contributed by atoms with Crippen molar-refractivity contribution in [3.63, 3.8) is 0 Å². The van der Waals surface area contributed by atoms with E-state index in [9.17, 15) is 0 Å². The molecule has 0 spiro atoms. The smallest absolute Gasteiger partial charge is 0.164 e. The fourth-order valence-electron chi connectivity index (χ4n) is 13.5. The van der Waals surface area contributed by atoms with E-state index in [4.69, 9.17) is 29.9 Å². The molecule has 0 atom stereocenters. The molecule has 4 aliphatic carbocycles. The summed E-state index contributed by atoms with van der Waals surface area (Å²) in [4.78, 5) is 42.3. The van der Waals surface area contributed by atoms with Crippen LogP contribution < -0.4 is 0 Å². The molecule has 2 N–H and O–H groups in total. The molecule has 2 aliphatic heterocycles.